The molecule has 1 rings (SSSR count). The Balaban J connectivity index is 3.02. The van der Waals surface area contributed by atoms with Crippen molar-refractivity contribution in [1.82, 2.24) is 0 Å². The van der Waals surface area contributed by atoms with Gasteiger partial charge in [0, 0.05) is 6.04 Å². The topological polar surface area (TPSA) is 52.0 Å². The molecule has 0 radical (unpaired) electrons. The fraction of sp³-hybridized carbons (Fsp3) is 0.455. The Morgan fingerprint density at radius 2 is 2.07 bits per heavy atom. The molecule has 0 aromatic heterocycles. The minimum atomic E-state index is -0.378. The molecule has 1 atom stereocenters. The first kappa shape index (κ1) is 11.0. The predicted octanol–water partition coefficient (Wildman–Crippen LogP) is 2.52. The van der Waals surface area contributed by atoms with Gasteiger partial charge >= 0.3 is 0 Å². The second kappa shape index (κ2) is 4.42. The molecule has 1 aromatic rings. The van der Waals surface area contributed by atoms with E-state index in [4.69, 9.17) is 11.5 Å². The number of benzene rings is 1. The fourth-order valence-corrected chi connectivity index (χ4v) is 1.59. The molecule has 2 nitrogen and oxygen atoms in total. The van der Waals surface area contributed by atoms with E-state index in [1.54, 1.807) is 6.07 Å². The van der Waals surface area contributed by atoms with Crippen molar-refractivity contribution in [3.8, 4) is 0 Å². The molecule has 4 N–H and O–H groups in total. The lowest BCUT2D eigenvalue weighted by atomic mass is 9.98. The first-order valence-electron chi connectivity index (χ1n) is 4.87. The van der Waals surface area contributed by atoms with Gasteiger partial charge in [0.2, 0.25) is 0 Å². The third-order valence-corrected chi connectivity index (χ3v) is 2.38. The van der Waals surface area contributed by atoms with Crippen molar-refractivity contribution >= 4 is 5.69 Å². The molecule has 0 spiro atoms. The molecule has 78 valence electrons. The summed E-state index contributed by atoms with van der Waals surface area (Å²) in [5, 5.41) is 0. The van der Waals surface area contributed by atoms with Crippen LogP contribution in [0.5, 0.6) is 0 Å². The average Bonchev–Trinajstić information content (AvgIpc) is 2.11. The van der Waals surface area contributed by atoms with Crippen molar-refractivity contribution < 1.29 is 4.39 Å². The van der Waals surface area contributed by atoms with Gasteiger partial charge in [-0.1, -0.05) is 13.3 Å². The van der Waals surface area contributed by atoms with Gasteiger partial charge < -0.3 is 11.5 Å². The van der Waals surface area contributed by atoms with Gasteiger partial charge in [-0.2, -0.15) is 0 Å². The highest BCUT2D eigenvalue weighted by molar-refractivity contribution is 5.46. The fourth-order valence-electron chi connectivity index (χ4n) is 1.59. The number of nitrogens with two attached hydrogens (primary N) is 2. The van der Waals surface area contributed by atoms with E-state index in [9.17, 15) is 4.39 Å². The first-order valence-corrected chi connectivity index (χ1v) is 4.87. The summed E-state index contributed by atoms with van der Waals surface area (Å²) in [7, 11) is 0. The third-order valence-electron chi connectivity index (χ3n) is 2.38. The number of rotatable bonds is 3. The number of anilines is 1. The van der Waals surface area contributed by atoms with Crippen LogP contribution < -0.4 is 11.5 Å². The number of hydrogen-bond donors (Lipinski definition) is 2. The van der Waals surface area contributed by atoms with Crippen molar-refractivity contribution in [2.45, 2.75) is 32.7 Å². The van der Waals surface area contributed by atoms with Gasteiger partial charge in [-0.25, -0.2) is 4.39 Å². The molecule has 0 aliphatic heterocycles. The van der Waals surface area contributed by atoms with Crippen LogP contribution in [-0.4, -0.2) is 0 Å². The number of hydrogen-bond acceptors (Lipinski definition) is 2. The molecule has 3 heteroatoms. The smallest absolute Gasteiger partial charge is 0.146 e. The molecular weight excluding hydrogens is 179 g/mol. The quantitative estimate of drug-likeness (QED) is 0.730. The van der Waals surface area contributed by atoms with Crippen LogP contribution in [0.2, 0.25) is 0 Å². The van der Waals surface area contributed by atoms with E-state index in [0.29, 0.717) is 0 Å². The Morgan fingerprint density at radius 3 is 2.64 bits per heavy atom. The monoisotopic (exact) mass is 196 g/mol. The number of nitrogen functional groups attached to an aromatic ring is 1. The van der Waals surface area contributed by atoms with Crippen LogP contribution in [0.15, 0.2) is 12.1 Å². The number of aryl methyl sites for hydroxylation is 1. The zero-order chi connectivity index (χ0) is 10.7. The second-order valence-corrected chi connectivity index (χ2v) is 3.63. The van der Waals surface area contributed by atoms with Gasteiger partial charge in [0.05, 0.1) is 5.69 Å². The van der Waals surface area contributed by atoms with Gasteiger partial charge in [0.25, 0.3) is 0 Å². The molecule has 0 fully saturated rings. The Morgan fingerprint density at radius 1 is 1.43 bits per heavy atom. The molecule has 1 aromatic carbocycles. The van der Waals surface area contributed by atoms with Crippen molar-refractivity contribution in [2.24, 2.45) is 5.73 Å². The SMILES string of the molecule is CCC[C@@H](N)c1cc(F)c(N)cc1C. The van der Waals surface area contributed by atoms with E-state index < -0.39 is 0 Å². The summed E-state index contributed by atoms with van der Waals surface area (Å²) in [6, 6.07) is 3.00. The van der Waals surface area contributed by atoms with Crippen molar-refractivity contribution in [3.05, 3.63) is 29.1 Å². The van der Waals surface area contributed by atoms with Crippen molar-refractivity contribution in [1.29, 1.82) is 0 Å². The zero-order valence-electron chi connectivity index (χ0n) is 8.68. The first-order chi connectivity index (χ1) is 6.56. The highest BCUT2D eigenvalue weighted by atomic mass is 19.1. The maximum atomic E-state index is 13.2. The molecular formula is C11H17FN2. The average molecular weight is 196 g/mol. The number of halogens is 1. The van der Waals surface area contributed by atoms with Gasteiger partial charge in [-0.3, -0.25) is 0 Å². The van der Waals surface area contributed by atoms with Crippen LogP contribution in [0.3, 0.4) is 0 Å². The van der Waals surface area contributed by atoms with Gasteiger partial charge in [0.15, 0.2) is 0 Å². The third kappa shape index (κ3) is 2.23. The standard InChI is InChI=1S/C11H17FN2/c1-3-4-10(13)8-6-9(12)11(14)5-7(8)2/h5-6,10H,3-4,13-14H2,1-2H3/t10-/m1/s1. The van der Waals surface area contributed by atoms with Crippen LogP contribution in [0.1, 0.15) is 36.9 Å². The van der Waals surface area contributed by atoms with E-state index in [-0.39, 0.29) is 17.5 Å². The zero-order valence-corrected chi connectivity index (χ0v) is 8.68. The van der Waals surface area contributed by atoms with Crippen molar-refractivity contribution in [2.75, 3.05) is 5.73 Å². The maximum Gasteiger partial charge on any atom is 0.146 e. The molecule has 0 heterocycles. The van der Waals surface area contributed by atoms with Crippen molar-refractivity contribution in [3.63, 3.8) is 0 Å². The summed E-state index contributed by atoms with van der Waals surface area (Å²) in [5.41, 5.74) is 13.4. The van der Waals surface area contributed by atoms with Crippen LogP contribution in [0.25, 0.3) is 0 Å². The van der Waals surface area contributed by atoms with E-state index in [0.717, 1.165) is 24.0 Å². The lowest BCUT2D eigenvalue weighted by Crippen LogP contribution is -2.12. The molecule has 0 aliphatic rings. The predicted molar refractivity (Wildman–Crippen MR) is 57.4 cm³/mol. The van der Waals surface area contributed by atoms with E-state index in [2.05, 4.69) is 6.92 Å². The summed E-state index contributed by atoms with van der Waals surface area (Å²) >= 11 is 0. The molecule has 0 saturated heterocycles. The summed E-state index contributed by atoms with van der Waals surface area (Å²) < 4.78 is 13.2. The molecule has 0 amide bonds. The normalized spacial score (nSPS) is 12.9. The Labute approximate surface area is 84.1 Å². The Bertz CT molecular complexity index is 323. The van der Waals surface area contributed by atoms with Gasteiger partial charge in [-0.05, 0) is 36.6 Å². The van der Waals surface area contributed by atoms with E-state index >= 15 is 0 Å². The molecule has 0 unspecified atom stereocenters. The lowest BCUT2D eigenvalue weighted by Gasteiger charge is -2.14. The molecule has 0 saturated carbocycles. The van der Waals surface area contributed by atoms with Crippen LogP contribution in [0.4, 0.5) is 10.1 Å². The van der Waals surface area contributed by atoms with Crippen LogP contribution in [-0.2, 0) is 0 Å². The minimum Gasteiger partial charge on any atom is -0.396 e. The Kier molecular flexibility index (Phi) is 3.47. The molecule has 0 bridgehead atoms. The molecule has 14 heavy (non-hydrogen) atoms. The lowest BCUT2D eigenvalue weighted by molar-refractivity contribution is 0.606. The maximum absolute atomic E-state index is 13.2. The second-order valence-electron chi connectivity index (χ2n) is 3.63. The highest BCUT2D eigenvalue weighted by Crippen LogP contribution is 2.23. The van der Waals surface area contributed by atoms with Gasteiger partial charge in [-0.15, -0.1) is 0 Å². The highest BCUT2D eigenvalue weighted by Gasteiger charge is 2.10. The summed E-state index contributed by atoms with van der Waals surface area (Å²) in [6.45, 7) is 3.96. The van der Waals surface area contributed by atoms with Crippen LogP contribution >= 0.6 is 0 Å². The summed E-state index contributed by atoms with van der Waals surface area (Å²) in [6.07, 6.45) is 1.86. The Hall–Kier alpha value is -1.09. The van der Waals surface area contributed by atoms with Gasteiger partial charge in [0.1, 0.15) is 5.82 Å². The largest absolute Gasteiger partial charge is 0.396 e. The summed E-state index contributed by atoms with van der Waals surface area (Å²) in [5.74, 6) is -0.378. The molecule has 0 aliphatic carbocycles. The summed E-state index contributed by atoms with van der Waals surface area (Å²) in [4.78, 5) is 0. The van der Waals surface area contributed by atoms with E-state index in [1.165, 1.54) is 6.07 Å². The minimum absolute atomic E-state index is 0.0879. The van der Waals surface area contributed by atoms with E-state index in [1.807, 2.05) is 6.92 Å². The van der Waals surface area contributed by atoms with Crippen LogP contribution in [0, 0.1) is 12.7 Å².